The highest BCUT2D eigenvalue weighted by Gasteiger charge is 2.36. The van der Waals surface area contributed by atoms with Crippen LogP contribution in [0.4, 0.5) is 13.2 Å². The van der Waals surface area contributed by atoms with Gasteiger partial charge in [0.25, 0.3) is 0 Å². The Bertz CT molecular complexity index is 388. The summed E-state index contributed by atoms with van der Waals surface area (Å²) in [6, 6.07) is 2.20. The molecule has 1 aromatic carbocycles. The van der Waals surface area contributed by atoms with Crippen molar-refractivity contribution < 1.29 is 27.8 Å². The van der Waals surface area contributed by atoms with Crippen molar-refractivity contribution in [3.63, 3.8) is 0 Å². The van der Waals surface area contributed by atoms with Gasteiger partial charge in [-0.15, -0.1) is 0 Å². The SMILES string of the molecule is COc1c(CCO)ccc(C(F)(F)F)c1OC. The molecule has 17 heavy (non-hydrogen) atoms. The molecule has 0 saturated carbocycles. The second kappa shape index (κ2) is 5.27. The fourth-order valence-corrected chi connectivity index (χ4v) is 1.57. The van der Waals surface area contributed by atoms with Gasteiger partial charge in [-0.2, -0.15) is 13.2 Å². The van der Waals surface area contributed by atoms with Crippen LogP contribution < -0.4 is 9.47 Å². The van der Waals surface area contributed by atoms with Crippen LogP contribution in [0.3, 0.4) is 0 Å². The van der Waals surface area contributed by atoms with E-state index >= 15 is 0 Å². The second-order valence-corrected chi connectivity index (χ2v) is 3.31. The molecular weight excluding hydrogens is 237 g/mol. The Hall–Kier alpha value is -1.43. The van der Waals surface area contributed by atoms with Gasteiger partial charge in [0.2, 0.25) is 0 Å². The number of rotatable bonds is 4. The molecule has 3 nitrogen and oxygen atoms in total. The molecule has 96 valence electrons. The third-order valence-corrected chi connectivity index (χ3v) is 2.29. The Kier molecular flexibility index (Phi) is 4.22. The first-order valence-electron chi connectivity index (χ1n) is 4.87. The summed E-state index contributed by atoms with van der Waals surface area (Å²) in [4.78, 5) is 0. The molecule has 1 rings (SSSR count). The maximum absolute atomic E-state index is 12.7. The van der Waals surface area contributed by atoms with E-state index in [4.69, 9.17) is 14.6 Å². The standard InChI is InChI=1S/C11H13F3O3/c1-16-9-7(5-6-15)3-4-8(10(9)17-2)11(12,13)14/h3-4,15H,5-6H2,1-2H3. The van der Waals surface area contributed by atoms with Crippen molar-refractivity contribution in [1.29, 1.82) is 0 Å². The predicted molar refractivity (Wildman–Crippen MR) is 55.3 cm³/mol. The third-order valence-electron chi connectivity index (χ3n) is 2.29. The van der Waals surface area contributed by atoms with Crippen LogP contribution in [-0.2, 0) is 12.6 Å². The van der Waals surface area contributed by atoms with Crippen LogP contribution in [0.15, 0.2) is 12.1 Å². The van der Waals surface area contributed by atoms with Crippen LogP contribution in [0, 0.1) is 0 Å². The van der Waals surface area contributed by atoms with Gasteiger partial charge in [0.15, 0.2) is 11.5 Å². The van der Waals surface area contributed by atoms with Crippen LogP contribution in [0.25, 0.3) is 0 Å². The van der Waals surface area contributed by atoms with Gasteiger partial charge in [0.05, 0.1) is 14.2 Å². The van der Waals surface area contributed by atoms with Crippen LogP contribution in [0.1, 0.15) is 11.1 Å². The molecular formula is C11H13F3O3. The zero-order valence-electron chi connectivity index (χ0n) is 9.47. The van der Waals surface area contributed by atoms with E-state index in [0.717, 1.165) is 13.2 Å². The number of hydrogen-bond acceptors (Lipinski definition) is 3. The van der Waals surface area contributed by atoms with E-state index in [1.807, 2.05) is 0 Å². The molecule has 1 N–H and O–H groups in total. The van der Waals surface area contributed by atoms with E-state index in [0.29, 0.717) is 5.56 Å². The summed E-state index contributed by atoms with van der Waals surface area (Å²) >= 11 is 0. The molecule has 0 aromatic heterocycles. The average molecular weight is 250 g/mol. The molecule has 0 radical (unpaired) electrons. The molecule has 0 aliphatic rings. The van der Waals surface area contributed by atoms with Crippen molar-refractivity contribution in [1.82, 2.24) is 0 Å². The van der Waals surface area contributed by atoms with Gasteiger partial charge in [0.1, 0.15) is 5.56 Å². The Balaban J connectivity index is 3.37. The van der Waals surface area contributed by atoms with Gasteiger partial charge in [0, 0.05) is 12.2 Å². The second-order valence-electron chi connectivity index (χ2n) is 3.31. The molecule has 0 saturated heterocycles. The number of aliphatic hydroxyl groups excluding tert-OH is 1. The van der Waals surface area contributed by atoms with Gasteiger partial charge >= 0.3 is 6.18 Å². The fraction of sp³-hybridized carbons (Fsp3) is 0.455. The monoisotopic (exact) mass is 250 g/mol. The highest BCUT2D eigenvalue weighted by atomic mass is 19.4. The van der Waals surface area contributed by atoms with Crippen molar-refractivity contribution >= 4 is 0 Å². The maximum atomic E-state index is 12.7. The van der Waals surface area contributed by atoms with E-state index < -0.39 is 11.7 Å². The molecule has 0 spiro atoms. The van der Waals surface area contributed by atoms with E-state index in [2.05, 4.69) is 0 Å². The molecule has 0 amide bonds. The molecule has 0 unspecified atom stereocenters. The third kappa shape index (κ3) is 2.82. The van der Waals surface area contributed by atoms with Gasteiger partial charge in [-0.3, -0.25) is 0 Å². The normalized spacial score (nSPS) is 11.4. The van der Waals surface area contributed by atoms with Crippen LogP contribution in [0.5, 0.6) is 11.5 Å². The minimum atomic E-state index is -4.50. The highest BCUT2D eigenvalue weighted by molar-refractivity contribution is 5.53. The Morgan fingerprint density at radius 3 is 2.12 bits per heavy atom. The van der Waals surface area contributed by atoms with Crippen molar-refractivity contribution in [2.24, 2.45) is 0 Å². The Morgan fingerprint density at radius 1 is 1.12 bits per heavy atom. The number of alkyl halides is 3. The van der Waals surface area contributed by atoms with E-state index in [-0.39, 0.29) is 24.5 Å². The minimum Gasteiger partial charge on any atom is -0.493 e. The van der Waals surface area contributed by atoms with Crippen molar-refractivity contribution in [2.75, 3.05) is 20.8 Å². The lowest BCUT2D eigenvalue weighted by atomic mass is 10.1. The molecule has 0 heterocycles. The summed E-state index contributed by atoms with van der Waals surface area (Å²) in [6.45, 7) is -0.176. The first-order valence-corrected chi connectivity index (χ1v) is 4.87. The summed E-state index contributed by atoms with van der Waals surface area (Å²) < 4.78 is 47.7. The molecule has 6 heteroatoms. The Morgan fingerprint density at radius 2 is 1.71 bits per heavy atom. The van der Waals surface area contributed by atoms with Crippen molar-refractivity contribution in [3.05, 3.63) is 23.3 Å². The lowest BCUT2D eigenvalue weighted by Crippen LogP contribution is -2.10. The minimum absolute atomic E-state index is 0.0105. The first-order chi connectivity index (χ1) is 7.95. The lowest BCUT2D eigenvalue weighted by Gasteiger charge is -2.17. The molecule has 0 bridgehead atoms. The zero-order chi connectivity index (χ0) is 13.1. The van der Waals surface area contributed by atoms with Gasteiger partial charge in [-0.1, -0.05) is 6.07 Å². The number of ether oxygens (including phenoxy) is 2. The van der Waals surface area contributed by atoms with Gasteiger partial charge < -0.3 is 14.6 Å². The van der Waals surface area contributed by atoms with E-state index in [1.165, 1.54) is 13.2 Å². The number of aliphatic hydroxyl groups is 1. The summed E-state index contributed by atoms with van der Waals surface area (Å²) in [7, 11) is 2.41. The van der Waals surface area contributed by atoms with Crippen LogP contribution >= 0.6 is 0 Å². The number of methoxy groups -OCH3 is 2. The van der Waals surface area contributed by atoms with Crippen LogP contribution in [-0.4, -0.2) is 25.9 Å². The van der Waals surface area contributed by atoms with Gasteiger partial charge in [-0.05, 0) is 12.5 Å². The molecule has 0 fully saturated rings. The number of hydrogen-bond donors (Lipinski definition) is 1. The van der Waals surface area contributed by atoms with E-state index in [9.17, 15) is 13.2 Å². The van der Waals surface area contributed by atoms with Crippen molar-refractivity contribution in [3.8, 4) is 11.5 Å². The van der Waals surface area contributed by atoms with Crippen molar-refractivity contribution in [2.45, 2.75) is 12.6 Å². The molecule has 0 aliphatic heterocycles. The lowest BCUT2D eigenvalue weighted by molar-refractivity contribution is -0.138. The zero-order valence-corrected chi connectivity index (χ0v) is 9.47. The van der Waals surface area contributed by atoms with Gasteiger partial charge in [-0.25, -0.2) is 0 Å². The average Bonchev–Trinajstić information content (AvgIpc) is 2.27. The summed E-state index contributed by atoms with van der Waals surface area (Å²) in [5.74, 6) is -0.345. The smallest absolute Gasteiger partial charge is 0.420 e. The molecule has 0 aliphatic carbocycles. The predicted octanol–water partition coefficient (Wildman–Crippen LogP) is 2.26. The molecule has 1 aromatic rings. The summed E-state index contributed by atoms with van der Waals surface area (Å²) in [5, 5.41) is 8.81. The van der Waals surface area contributed by atoms with Crippen LogP contribution in [0.2, 0.25) is 0 Å². The maximum Gasteiger partial charge on any atom is 0.420 e. The summed E-state index contributed by atoms with van der Waals surface area (Å²) in [5.41, 5.74) is -0.418. The highest BCUT2D eigenvalue weighted by Crippen LogP contribution is 2.43. The Labute approximate surface area is 96.8 Å². The number of halogens is 3. The fourth-order valence-electron chi connectivity index (χ4n) is 1.57. The molecule has 0 atom stereocenters. The largest absolute Gasteiger partial charge is 0.493 e. The number of benzene rings is 1. The first kappa shape index (κ1) is 13.6. The summed E-state index contributed by atoms with van der Waals surface area (Å²) in [6.07, 6.45) is -4.30. The van der Waals surface area contributed by atoms with E-state index in [1.54, 1.807) is 0 Å². The topological polar surface area (TPSA) is 38.7 Å². The quantitative estimate of drug-likeness (QED) is 0.890.